The highest BCUT2D eigenvalue weighted by molar-refractivity contribution is 6.39. The van der Waals surface area contributed by atoms with Gasteiger partial charge in [-0.25, -0.2) is 4.79 Å². The molecule has 2 heterocycles. The lowest BCUT2D eigenvalue weighted by Crippen LogP contribution is -2.34. The Morgan fingerprint density at radius 3 is 2.32 bits per heavy atom. The van der Waals surface area contributed by atoms with Crippen molar-refractivity contribution in [1.82, 2.24) is 5.32 Å². The van der Waals surface area contributed by atoms with E-state index in [4.69, 9.17) is 9.15 Å². The van der Waals surface area contributed by atoms with Crippen LogP contribution >= 0.6 is 0 Å². The zero-order chi connectivity index (χ0) is 26.5. The average molecular weight is 500 g/mol. The van der Waals surface area contributed by atoms with Crippen molar-refractivity contribution in [1.29, 1.82) is 0 Å². The van der Waals surface area contributed by atoms with Crippen LogP contribution in [0.3, 0.4) is 0 Å². The van der Waals surface area contributed by atoms with Crippen LogP contribution in [0, 0.1) is 6.92 Å². The molecule has 1 aliphatic rings. The number of anilines is 2. The summed E-state index contributed by atoms with van der Waals surface area (Å²) in [5, 5.41) is 5.03. The molecule has 2 amide bonds. The van der Waals surface area contributed by atoms with E-state index in [0.29, 0.717) is 28.6 Å². The molecule has 3 aromatic rings. The molecule has 0 fully saturated rings. The number of hydrogen-bond acceptors (Lipinski definition) is 7. The fraction of sp³-hybridized carbons (Fsp3) is 0.143. The smallest absolute Gasteiger partial charge is 0.343 e. The quantitative estimate of drug-likeness (QED) is 0.230. The first-order valence-corrected chi connectivity index (χ1v) is 11.4. The van der Waals surface area contributed by atoms with Gasteiger partial charge in [-0.3, -0.25) is 14.4 Å². The van der Waals surface area contributed by atoms with Crippen molar-refractivity contribution in [2.45, 2.75) is 20.4 Å². The van der Waals surface area contributed by atoms with Crippen LogP contribution in [-0.4, -0.2) is 30.7 Å². The van der Waals surface area contributed by atoms with E-state index >= 15 is 0 Å². The highest BCUT2D eigenvalue weighted by Gasteiger charge is 2.38. The Hall–Kier alpha value is -4.92. The maximum atomic E-state index is 13.2. The number of nitrogens with one attached hydrogen (secondary N) is 2. The van der Waals surface area contributed by atoms with Crippen molar-refractivity contribution >= 4 is 41.0 Å². The normalized spacial score (nSPS) is 14.2. The Balaban J connectivity index is 1.48. The molecule has 9 nitrogen and oxygen atoms in total. The molecular weight excluding hydrogens is 474 g/mol. The number of allylic oxidation sites excluding steroid dienone is 2. The summed E-state index contributed by atoms with van der Waals surface area (Å²) in [6.07, 6.45) is 1.52. The number of carbonyl (C=O) groups excluding carboxylic acids is 4. The van der Waals surface area contributed by atoms with Gasteiger partial charge in [0.1, 0.15) is 17.1 Å². The fourth-order valence-electron chi connectivity index (χ4n) is 3.84. The summed E-state index contributed by atoms with van der Waals surface area (Å²) in [6.45, 7) is 3.55. The van der Waals surface area contributed by atoms with Gasteiger partial charge in [0, 0.05) is 23.1 Å². The van der Waals surface area contributed by atoms with E-state index in [-0.39, 0.29) is 17.8 Å². The molecule has 2 aromatic carbocycles. The number of aryl methyl sites for hydroxylation is 1. The molecule has 4 rings (SSSR count). The van der Waals surface area contributed by atoms with E-state index in [2.05, 4.69) is 10.6 Å². The number of para-hydroxylation sites is 1. The Bertz CT molecular complexity index is 1420. The van der Waals surface area contributed by atoms with Gasteiger partial charge in [-0.2, -0.15) is 0 Å². The van der Waals surface area contributed by atoms with E-state index in [1.165, 1.54) is 13.2 Å². The third-order valence-electron chi connectivity index (χ3n) is 5.70. The maximum Gasteiger partial charge on any atom is 0.343 e. The van der Waals surface area contributed by atoms with E-state index in [1.807, 2.05) is 49.4 Å². The van der Waals surface area contributed by atoms with Gasteiger partial charge in [-0.15, -0.1) is 0 Å². The van der Waals surface area contributed by atoms with Crippen molar-refractivity contribution in [3.05, 3.63) is 101 Å². The maximum absolute atomic E-state index is 13.2. The minimum atomic E-state index is -0.819. The lowest BCUT2D eigenvalue weighted by Gasteiger charge is -2.21. The lowest BCUT2D eigenvalue weighted by molar-refractivity contribution is -0.137. The van der Waals surface area contributed by atoms with Gasteiger partial charge in [0.25, 0.3) is 0 Å². The molecule has 0 radical (unpaired) electrons. The molecule has 2 N–H and O–H groups in total. The number of nitrogens with zero attached hydrogens (tertiary/aromatic N) is 1. The number of hydrogen-bond donors (Lipinski definition) is 2. The predicted molar refractivity (Wildman–Crippen MR) is 137 cm³/mol. The minimum absolute atomic E-state index is 0.0373. The second-order valence-electron chi connectivity index (χ2n) is 8.29. The molecule has 9 heteroatoms. The molecule has 188 valence electrons. The third-order valence-corrected chi connectivity index (χ3v) is 5.70. The molecule has 0 spiro atoms. The number of rotatable bonds is 6. The number of benzene rings is 2. The molecule has 1 aliphatic heterocycles. The average Bonchev–Trinajstić information content (AvgIpc) is 3.45. The number of Topliss-reactive ketones (excluding diaryl/α,β-unsaturated/α-hetero) is 1. The molecule has 0 unspecified atom stereocenters. The number of amides is 2. The molecule has 0 saturated heterocycles. The predicted octanol–water partition coefficient (Wildman–Crippen LogP) is 3.72. The molecule has 0 saturated carbocycles. The molecule has 1 aromatic heterocycles. The Morgan fingerprint density at radius 2 is 1.65 bits per heavy atom. The van der Waals surface area contributed by atoms with Crippen molar-refractivity contribution < 1.29 is 28.3 Å². The summed E-state index contributed by atoms with van der Waals surface area (Å²) in [4.78, 5) is 51.5. The van der Waals surface area contributed by atoms with Crippen molar-refractivity contribution in [3.8, 4) is 0 Å². The topological polar surface area (TPSA) is 118 Å². The minimum Gasteiger partial charge on any atom is -0.465 e. The SMILES string of the molecule is COC(=O)C1=C(C)N(c2ccccc2)/C(=C/c2ccc(CNC(=O)C(=O)Nc3ccc(C)cc3)o2)C1=O. The zero-order valence-electron chi connectivity index (χ0n) is 20.5. The number of furan rings is 1. The van der Waals surface area contributed by atoms with Gasteiger partial charge in [0.2, 0.25) is 5.78 Å². The number of ketones is 1. The summed E-state index contributed by atoms with van der Waals surface area (Å²) in [7, 11) is 1.22. The first-order chi connectivity index (χ1) is 17.8. The highest BCUT2D eigenvalue weighted by Crippen LogP contribution is 2.35. The summed E-state index contributed by atoms with van der Waals surface area (Å²) >= 11 is 0. The van der Waals surface area contributed by atoms with Gasteiger partial charge in [0.05, 0.1) is 19.4 Å². The summed E-state index contributed by atoms with van der Waals surface area (Å²) in [6, 6.07) is 19.4. The van der Waals surface area contributed by atoms with Crippen LogP contribution < -0.4 is 15.5 Å². The van der Waals surface area contributed by atoms with Crippen molar-refractivity contribution in [2.75, 3.05) is 17.3 Å². The van der Waals surface area contributed by atoms with Gasteiger partial charge in [-0.1, -0.05) is 35.9 Å². The number of carbonyl (C=O) groups is 4. The van der Waals surface area contributed by atoms with Gasteiger partial charge >= 0.3 is 17.8 Å². The fourth-order valence-corrected chi connectivity index (χ4v) is 3.84. The lowest BCUT2D eigenvalue weighted by atomic mass is 10.1. The van der Waals surface area contributed by atoms with Crippen LogP contribution in [0.25, 0.3) is 6.08 Å². The Morgan fingerprint density at radius 1 is 0.946 bits per heavy atom. The van der Waals surface area contributed by atoms with Gasteiger partial charge in [-0.05, 0) is 50.2 Å². The monoisotopic (exact) mass is 499 g/mol. The summed E-state index contributed by atoms with van der Waals surface area (Å²) < 4.78 is 10.6. The summed E-state index contributed by atoms with van der Waals surface area (Å²) in [5.74, 6) is -2.13. The molecule has 0 aliphatic carbocycles. The van der Waals surface area contributed by atoms with E-state index in [9.17, 15) is 19.2 Å². The molecule has 0 atom stereocenters. The highest BCUT2D eigenvalue weighted by atomic mass is 16.5. The second kappa shape index (κ2) is 10.8. The van der Waals surface area contributed by atoms with Crippen LogP contribution in [-0.2, 0) is 30.5 Å². The van der Waals surface area contributed by atoms with Crippen LogP contribution in [0.5, 0.6) is 0 Å². The zero-order valence-corrected chi connectivity index (χ0v) is 20.5. The largest absolute Gasteiger partial charge is 0.465 e. The van der Waals surface area contributed by atoms with Crippen LogP contribution in [0.2, 0.25) is 0 Å². The van der Waals surface area contributed by atoms with Gasteiger partial charge < -0.3 is 24.7 Å². The Kier molecular flexibility index (Phi) is 7.34. The molecule has 37 heavy (non-hydrogen) atoms. The first-order valence-electron chi connectivity index (χ1n) is 11.4. The Labute approximate surface area is 213 Å². The van der Waals surface area contributed by atoms with E-state index in [0.717, 1.165) is 5.56 Å². The van der Waals surface area contributed by atoms with Gasteiger partial charge in [0.15, 0.2) is 0 Å². The summed E-state index contributed by atoms with van der Waals surface area (Å²) in [5.41, 5.74) is 2.83. The van der Waals surface area contributed by atoms with Crippen LogP contribution in [0.4, 0.5) is 11.4 Å². The van der Waals surface area contributed by atoms with Crippen LogP contribution in [0.1, 0.15) is 24.0 Å². The van der Waals surface area contributed by atoms with Crippen molar-refractivity contribution in [3.63, 3.8) is 0 Å². The van der Waals surface area contributed by atoms with Crippen LogP contribution in [0.15, 0.2) is 88.1 Å². The second-order valence-corrected chi connectivity index (χ2v) is 8.29. The van der Waals surface area contributed by atoms with E-state index in [1.54, 1.807) is 36.1 Å². The molecular formula is C28H25N3O6. The standard InChI is InChI=1S/C28H25N3O6/c1-17-9-11-19(12-10-17)30-27(34)26(33)29-16-22-14-13-21(37-22)15-23-25(32)24(28(35)36-3)18(2)31(23)20-7-5-4-6-8-20/h4-15H,16H2,1-3H3,(H,29,33)(H,30,34)/b23-15+. The van der Waals surface area contributed by atoms with Crippen molar-refractivity contribution in [2.24, 2.45) is 0 Å². The number of methoxy groups -OCH3 is 1. The third kappa shape index (κ3) is 5.51. The molecule has 0 bridgehead atoms. The number of esters is 1. The number of ether oxygens (including phenoxy) is 1. The first kappa shape index (κ1) is 25.2. The van der Waals surface area contributed by atoms with E-state index < -0.39 is 23.6 Å².